The van der Waals surface area contributed by atoms with Crippen molar-refractivity contribution < 1.29 is 9.59 Å². The van der Waals surface area contributed by atoms with Gasteiger partial charge in [0.1, 0.15) is 0 Å². The average Bonchev–Trinajstić information content (AvgIpc) is 2.37. The average molecular weight is 243 g/mol. The standard InChI is InChI=1S/C13H13N3O2/c14-11(17)8-16-12(18)7-10-4-1-3-9-5-2-6-15-13(9)10/h1-6H,7-8H2,(H2,14,17)(H,16,18). The Hall–Kier alpha value is -2.43. The van der Waals surface area contributed by atoms with Gasteiger partial charge < -0.3 is 11.1 Å². The Morgan fingerprint density at radius 2 is 2.00 bits per heavy atom. The topological polar surface area (TPSA) is 85.1 Å². The molecular weight excluding hydrogens is 230 g/mol. The number of nitrogens with one attached hydrogen (secondary N) is 1. The summed E-state index contributed by atoms with van der Waals surface area (Å²) < 4.78 is 0. The predicted molar refractivity (Wildman–Crippen MR) is 67.7 cm³/mol. The Morgan fingerprint density at radius 3 is 2.78 bits per heavy atom. The number of hydrogen-bond donors (Lipinski definition) is 2. The fourth-order valence-corrected chi connectivity index (χ4v) is 1.73. The first-order chi connectivity index (χ1) is 8.66. The van der Waals surface area contributed by atoms with Crippen molar-refractivity contribution in [3.8, 4) is 0 Å². The Bertz CT molecular complexity index is 590. The molecule has 2 rings (SSSR count). The van der Waals surface area contributed by atoms with E-state index in [1.54, 1.807) is 6.20 Å². The van der Waals surface area contributed by atoms with Crippen LogP contribution in [0.15, 0.2) is 36.5 Å². The number of carbonyl (C=O) groups is 2. The molecule has 5 heteroatoms. The lowest BCUT2D eigenvalue weighted by molar-refractivity contribution is -0.124. The third-order valence-corrected chi connectivity index (χ3v) is 2.53. The molecule has 18 heavy (non-hydrogen) atoms. The largest absolute Gasteiger partial charge is 0.368 e. The zero-order valence-corrected chi connectivity index (χ0v) is 9.72. The number of para-hydroxylation sites is 1. The zero-order valence-electron chi connectivity index (χ0n) is 9.72. The highest BCUT2D eigenvalue weighted by Gasteiger charge is 2.08. The Labute approximate surface area is 104 Å². The van der Waals surface area contributed by atoms with Crippen molar-refractivity contribution in [2.24, 2.45) is 5.73 Å². The van der Waals surface area contributed by atoms with E-state index in [2.05, 4.69) is 10.3 Å². The van der Waals surface area contributed by atoms with Gasteiger partial charge in [0.15, 0.2) is 0 Å². The third kappa shape index (κ3) is 2.82. The molecule has 3 N–H and O–H groups in total. The predicted octanol–water partition coefficient (Wildman–Crippen LogP) is 0.379. The number of hydrogen-bond acceptors (Lipinski definition) is 3. The van der Waals surface area contributed by atoms with Gasteiger partial charge in [0.2, 0.25) is 11.8 Å². The molecule has 0 radical (unpaired) electrons. The van der Waals surface area contributed by atoms with Crippen molar-refractivity contribution >= 4 is 22.7 Å². The number of aromatic nitrogens is 1. The summed E-state index contributed by atoms with van der Waals surface area (Å²) >= 11 is 0. The molecule has 0 atom stereocenters. The van der Waals surface area contributed by atoms with Gasteiger partial charge in [-0.2, -0.15) is 0 Å². The molecule has 5 nitrogen and oxygen atoms in total. The maximum Gasteiger partial charge on any atom is 0.236 e. The van der Waals surface area contributed by atoms with Crippen LogP contribution in [0.25, 0.3) is 10.9 Å². The fraction of sp³-hybridized carbons (Fsp3) is 0.154. The molecule has 0 fully saturated rings. The second kappa shape index (κ2) is 5.27. The van der Waals surface area contributed by atoms with E-state index in [-0.39, 0.29) is 18.9 Å². The Kier molecular flexibility index (Phi) is 3.52. The van der Waals surface area contributed by atoms with Crippen molar-refractivity contribution in [1.82, 2.24) is 10.3 Å². The van der Waals surface area contributed by atoms with E-state index in [9.17, 15) is 9.59 Å². The van der Waals surface area contributed by atoms with Crippen molar-refractivity contribution in [2.45, 2.75) is 6.42 Å². The number of benzene rings is 1. The normalized spacial score (nSPS) is 10.2. The van der Waals surface area contributed by atoms with Crippen molar-refractivity contribution in [3.63, 3.8) is 0 Å². The number of amides is 2. The van der Waals surface area contributed by atoms with Gasteiger partial charge in [0.25, 0.3) is 0 Å². The molecule has 0 aliphatic rings. The molecule has 1 aromatic heterocycles. The van der Waals surface area contributed by atoms with Gasteiger partial charge in [-0.05, 0) is 11.6 Å². The second-order valence-corrected chi connectivity index (χ2v) is 3.91. The molecule has 0 bridgehead atoms. The first-order valence-electron chi connectivity index (χ1n) is 5.54. The third-order valence-electron chi connectivity index (χ3n) is 2.53. The van der Waals surface area contributed by atoms with Gasteiger partial charge in [-0.1, -0.05) is 24.3 Å². The van der Waals surface area contributed by atoms with Crippen LogP contribution < -0.4 is 11.1 Å². The summed E-state index contributed by atoms with van der Waals surface area (Å²) in [6.45, 7) is -0.142. The van der Waals surface area contributed by atoms with E-state index >= 15 is 0 Å². The molecular formula is C13H13N3O2. The maximum atomic E-state index is 11.6. The molecule has 0 aliphatic carbocycles. The van der Waals surface area contributed by atoms with E-state index in [4.69, 9.17) is 5.73 Å². The highest BCUT2D eigenvalue weighted by atomic mass is 16.2. The SMILES string of the molecule is NC(=O)CNC(=O)Cc1cccc2cccnc12. The monoisotopic (exact) mass is 243 g/mol. The van der Waals surface area contributed by atoms with Crippen LogP contribution in [0, 0.1) is 0 Å². The summed E-state index contributed by atoms with van der Waals surface area (Å²) in [5.74, 6) is -0.800. The van der Waals surface area contributed by atoms with Gasteiger partial charge >= 0.3 is 0 Å². The van der Waals surface area contributed by atoms with E-state index in [1.165, 1.54) is 0 Å². The van der Waals surface area contributed by atoms with Crippen molar-refractivity contribution in [3.05, 3.63) is 42.1 Å². The number of primary amides is 1. The minimum absolute atomic E-state index is 0.142. The quantitative estimate of drug-likeness (QED) is 0.814. The van der Waals surface area contributed by atoms with Crippen LogP contribution in [0.4, 0.5) is 0 Å². The number of carbonyl (C=O) groups excluding carboxylic acids is 2. The van der Waals surface area contributed by atoms with Crippen molar-refractivity contribution in [1.29, 1.82) is 0 Å². The number of rotatable bonds is 4. The number of fused-ring (bicyclic) bond motifs is 1. The van der Waals surface area contributed by atoms with Crippen LogP contribution in [0.5, 0.6) is 0 Å². The van der Waals surface area contributed by atoms with Gasteiger partial charge in [-0.15, -0.1) is 0 Å². The van der Waals surface area contributed by atoms with Gasteiger partial charge in [-0.3, -0.25) is 14.6 Å². The summed E-state index contributed by atoms with van der Waals surface area (Å²) in [4.78, 5) is 26.4. The van der Waals surface area contributed by atoms with Crippen LogP contribution >= 0.6 is 0 Å². The molecule has 1 heterocycles. The summed E-state index contributed by atoms with van der Waals surface area (Å²) in [6.07, 6.45) is 1.87. The summed E-state index contributed by atoms with van der Waals surface area (Å²) in [6, 6.07) is 9.44. The summed E-state index contributed by atoms with van der Waals surface area (Å²) in [5, 5.41) is 3.44. The fourth-order valence-electron chi connectivity index (χ4n) is 1.73. The Morgan fingerprint density at radius 1 is 1.22 bits per heavy atom. The first-order valence-corrected chi connectivity index (χ1v) is 5.54. The van der Waals surface area contributed by atoms with E-state index in [1.807, 2.05) is 30.3 Å². The van der Waals surface area contributed by atoms with Crippen LogP contribution in [0.1, 0.15) is 5.56 Å². The number of nitrogens with two attached hydrogens (primary N) is 1. The van der Waals surface area contributed by atoms with Gasteiger partial charge in [0.05, 0.1) is 18.5 Å². The molecule has 0 saturated heterocycles. The Balaban J connectivity index is 2.16. The van der Waals surface area contributed by atoms with Gasteiger partial charge in [0, 0.05) is 11.6 Å². The van der Waals surface area contributed by atoms with Crippen LogP contribution in [-0.2, 0) is 16.0 Å². The van der Waals surface area contributed by atoms with Crippen LogP contribution in [0.2, 0.25) is 0 Å². The number of pyridine rings is 1. The molecule has 2 aromatic rings. The molecule has 0 spiro atoms. The smallest absolute Gasteiger partial charge is 0.236 e. The van der Waals surface area contributed by atoms with Gasteiger partial charge in [-0.25, -0.2) is 0 Å². The van der Waals surface area contributed by atoms with Crippen LogP contribution in [-0.4, -0.2) is 23.3 Å². The molecule has 0 aliphatic heterocycles. The lowest BCUT2D eigenvalue weighted by Gasteiger charge is -2.05. The summed E-state index contributed by atoms with van der Waals surface area (Å²) in [7, 11) is 0. The zero-order chi connectivity index (χ0) is 13.0. The molecule has 1 aromatic carbocycles. The van der Waals surface area contributed by atoms with E-state index in [0.29, 0.717) is 0 Å². The molecule has 0 saturated carbocycles. The molecule has 0 unspecified atom stereocenters. The minimum atomic E-state index is -0.556. The highest BCUT2D eigenvalue weighted by molar-refractivity contribution is 5.89. The lowest BCUT2D eigenvalue weighted by Crippen LogP contribution is -2.34. The molecule has 2 amide bonds. The second-order valence-electron chi connectivity index (χ2n) is 3.91. The lowest BCUT2D eigenvalue weighted by atomic mass is 10.1. The first kappa shape index (κ1) is 12.0. The van der Waals surface area contributed by atoms with Crippen molar-refractivity contribution in [2.75, 3.05) is 6.54 Å². The highest BCUT2D eigenvalue weighted by Crippen LogP contribution is 2.16. The molecule has 92 valence electrons. The minimum Gasteiger partial charge on any atom is -0.368 e. The summed E-state index contributed by atoms with van der Waals surface area (Å²) in [5.41, 5.74) is 6.59. The van der Waals surface area contributed by atoms with E-state index < -0.39 is 5.91 Å². The van der Waals surface area contributed by atoms with Crippen LogP contribution in [0.3, 0.4) is 0 Å². The maximum absolute atomic E-state index is 11.6. The van der Waals surface area contributed by atoms with E-state index in [0.717, 1.165) is 16.5 Å². The number of nitrogens with zero attached hydrogens (tertiary/aromatic N) is 1.